The van der Waals surface area contributed by atoms with Gasteiger partial charge in [0.2, 0.25) is 10.0 Å². The number of sulfonamides is 1. The first-order chi connectivity index (χ1) is 15.2. The molecule has 0 atom stereocenters. The van der Waals surface area contributed by atoms with Crippen LogP contribution in [0.15, 0.2) is 65.6 Å². The van der Waals surface area contributed by atoms with E-state index >= 15 is 0 Å². The molecule has 0 radical (unpaired) electrons. The Morgan fingerprint density at radius 2 is 1.72 bits per heavy atom. The van der Waals surface area contributed by atoms with E-state index in [0.29, 0.717) is 22.1 Å². The van der Waals surface area contributed by atoms with E-state index in [1.807, 2.05) is 0 Å². The van der Waals surface area contributed by atoms with E-state index in [4.69, 9.17) is 21.1 Å². The van der Waals surface area contributed by atoms with Crippen molar-refractivity contribution in [2.75, 3.05) is 19.5 Å². The molecule has 0 fully saturated rings. The number of anilines is 1. The van der Waals surface area contributed by atoms with E-state index in [2.05, 4.69) is 10.0 Å². The van der Waals surface area contributed by atoms with Crippen molar-refractivity contribution in [3.8, 4) is 11.5 Å². The number of carbonyl (C=O) groups excluding carboxylic acids is 1. The fraction of sp³-hybridized carbons (Fsp3) is 0.136. The molecule has 0 aliphatic rings. The molecule has 10 heteroatoms. The molecule has 0 aliphatic carbocycles. The molecule has 2 N–H and O–H groups in total. The van der Waals surface area contributed by atoms with Crippen LogP contribution in [0.2, 0.25) is 5.02 Å². The first-order valence-corrected chi connectivity index (χ1v) is 11.2. The maximum atomic E-state index is 14.4. The molecular formula is C22H20ClFN2O5S. The van der Waals surface area contributed by atoms with Gasteiger partial charge in [0.1, 0.15) is 17.3 Å². The fourth-order valence-electron chi connectivity index (χ4n) is 2.92. The van der Waals surface area contributed by atoms with Crippen LogP contribution in [-0.2, 0) is 16.6 Å². The van der Waals surface area contributed by atoms with Gasteiger partial charge in [0.05, 0.1) is 30.4 Å². The lowest BCUT2D eigenvalue weighted by Crippen LogP contribution is -2.24. The smallest absolute Gasteiger partial charge is 0.258 e. The lowest BCUT2D eigenvalue weighted by molar-refractivity contribution is 0.102. The highest BCUT2D eigenvalue weighted by molar-refractivity contribution is 7.89. The van der Waals surface area contributed by atoms with Gasteiger partial charge in [0.25, 0.3) is 5.91 Å². The third-order valence-corrected chi connectivity index (χ3v) is 6.18. The summed E-state index contributed by atoms with van der Waals surface area (Å²) in [6.07, 6.45) is 0. The summed E-state index contributed by atoms with van der Waals surface area (Å²) in [5.74, 6) is -0.910. The highest BCUT2D eigenvalue weighted by Gasteiger charge is 2.21. The van der Waals surface area contributed by atoms with Gasteiger partial charge >= 0.3 is 0 Å². The SMILES string of the molecule is COc1ccccc1CNS(=O)(=O)c1ccc(F)c(C(=O)Nc2cc(Cl)ccc2OC)c1. The van der Waals surface area contributed by atoms with Gasteiger partial charge in [-0.1, -0.05) is 29.8 Å². The minimum absolute atomic E-state index is 0.0506. The Hall–Kier alpha value is -3.14. The topological polar surface area (TPSA) is 93.7 Å². The molecule has 0 aromatic heterocycles. The van der Waals surface area contributed by atoms with Crippen LogP contribution in [0.4, 0.5) is 10.1 Å². The zero-order valence-corrected chi connectivity index (χ0v) is 18.8. The normalized spacial score (nSPS) is 11.1. The van der Waals surface area contributed by atoms with Crippen LogP contribution in [0.3, 0.4) is 0 Å². The van der Waals surface area contributed by atoms with Crippen molar-refractivity contribution >= 4 is 33.2 Å². The van der Waals surface area contributed by atoms with Gasteiger partial charge in [-0.3, -0.25) is 4.79 Å². The predicted molar refractivity (Wildman–Crippen MR) is 119 cm³/mol. The molecule has 3 rings (SSSR count). The van der Waals surface area contributed by atoms with Gasteiger partial charge in [0, 0.05) is 17.1 Å². The van der Waals surface area contributed by atoms with E-state index in [9.17, 15) is 17.6 Å². The summed E-state index contributed by atoms with van der Waals surface area (Å²) >= 11 is 5.95. The lowest BCUT2D eigenvalue weighted by Gasteiger charge is -2.13. The Morgan fingerprint density at radius 1 is 1.00 bits per heavy atom. The van der Waals surface area contributed by atoms with Crippen molar-refractivity contribution in [2.24, 2.45) is 0 Å². The molecule has 32 heavy (non-hydrogen) atoms. The Balaban J connectivity index is 1.84. The number of hydrogen-bond donors (Lipinski definition) is 2. The third kappa shape index (κ3) is 5.37. The number of methoxy groups -OCH3 is 2. The summed E-state index contributed by atoms with van der Waals surface area (Å²) in [4.78, 5) is 12.4. The average Bonchev–Trinajstić information content (AvgIpc) is 2.78. The number of amides is 1. The van der Waals surface area contributed by atoms with E-state index in [1.54, 1.807) is 30.3 Å². The Morgan fingerprint density at radius 3 is 2.44 bits per heavy atom. The second-order valence-corrected chi connectivity index (χ2v) is 8.78. The molecule has 0 bridgehead atoms. The van der Waals surface area contributed by atoms with Crippen molar-refractivity contribution < 1.29 is 27.1 Å². The number of rotatable bonds is 8. The Labute approximate surface area is 190 Å². The lowest BCUT2D eigenvalue weighted by atomic mass is 10.2. The Bertz CT molecular complexity index is 1250. The molecule has 7 nitrogen and oxygen atoms in total. The van der Waals surface area contributed by atoms with Crippen molar-refractivity contribution in [1.29, 1.82) is 0 Å². The van der Waals surface area contributed by atoms with Crippen LogP contribution < -0.4 is 19.5 Å². The molecule has 1 amide bonds. The maximum absolute atomic E-state index is 14.4. The van der Waals surface area contributed by atoms with E-state index in [0.717, 1.165) is 18.2 Å². The first kappa shape index (κ1) is 23.5. The molecule has 3 aromatic carbocycles. The van der Waals surface area contributed by atoms with Gasteiger partial charge in [-0.2, -0.15) is 0 Å². The third-order valence-electron chi connectivity index (χ3n) is 4.55. The predicted octanol–water partition coefficient (Wildman–Crippen LogP) is 4.23. The van der Waals surface area contributed by atoms with Crippen LogP contribution in [0.5, 0.6) is 11.5 Å². The van der Waals surface area contributed by atoms with Crippen molar-refractivity contribution in [3.63, 3.8) is 0 Å². The number of para-hydroxylation sites is 1. The quantitative estimate of drug-likeness (QED) is 0.505. The maximum Gasteiger partial charge on any atom is 0.258 e. The number of hydrogen-bond acceptors (Lipinski definition) is 5. The van der Waals surface area contributed by atoms with Gasteiger partial charge < -0.3 is 14.8 Å². The summed E-state index contributed by atoms with van der Waals surface area (Å²) in [7, 11) is -1.16. The number of benzene rings is 3. The summed E-state index contributed by atoms with van der Waals surface area (Å²) in [5, 5.41) is 2.82. The Kier molecular flexibility index (Phi) is 7.34. The van der Waals surface area contributed by atoms with Crippen LogP contribution in [0.25, 0.3) is 0 Å². The molecule has 0 aliphatic heterocycles. The van der Waals surface area contributed by atoms with Crippen LogP contribution in [0.1, 0.15) is 15.9 Å². The van der Waals surface area contributed by atoms with Crippen LogP contribution in [0, 0.1) is 5.82 Å². The second-order valence-electron chi connectivity index (χ2n) is 6.58. The molecule has 0 saturated heterocycles. The molecule has 0 saturated carbocycles. The standard InChI is InChI=1S/C22H20ClFN2O5S/c1-30-20-6-4-3-5-14(20)13-25-32(28,29)16-8-9-18(24)17(12-16)22(27)26-19-11-15(23)7-10-21(19)31-2/h3-12,25H,13H2,1-2H3,(H,26,27). The van der Waals surface area contributed by atoms with Crippen LogP contribution in [-0.4, -0.2) is 28.5 Å². The summed E-state index contributed by atoms with van der Waals surface area (Å²) in [5.41, 5.74) is 0.380. The highest BCUT2D eigenvalue weighted by Crippen LogP contribution is 2.28. The van der Waals surface area contributed by atoms with Gasteiger partial charge in [0.15, 0.2) is 0 Å². The van der Waals surface area contributed by atoms with Gasteiger partial charge in [-0.05, 0) is 42.5 Å². The van der Waals surface area contributed by atoms with Crippen LogP contribution >= 0.6 is 11.6 Å². The average molecular weight is 479 g/mol. The van der Waals surface area contributed by atoms with Gasteiger partial charge in [-0.15, -0.1) is 0 Å². The molecule has 3 aromatic rings. The first-order valence-electron chi connectivity index (χ1n) is 9.31. The minimum Gasteiger partial charge on any atom is -0.496 e. The number of halogens is 2. The van der Waals surface area contributed by atoms with Gasteiger partial charge in [-0.25, -0.2) is 17.5 Å². The van der Waals surface area contributed by atoms with Crippen molar-refractivity contribution in [2.45, 2.75) is 11.4 Å². The van der Waals surface area contributed by atoms with E-state index < -0.39 is 27.3 Å². The summed E-state index contributed by atoms with van der Waals surface area (Å²) < 4.78 is 52.7. The largest absolute Gasteiger partial charge is 0.496 e. The van der Waals surface area contributed by atoms with E-state index in [-0.39, 0.29) is 17.1 Å². The molecule has 0 heterocycles. The van der Waals surface area contributed by atoms with Crippen molar-refractivity contribution in [1.82, 2.24) is 4.72 Å². The zero-order chi connectivity index (χ0) is 23.3. The second kappa shape index (κ2) is 9.99. The molecule has 0 unspecified atom stereocenters. The minimum atomic E-state index is -4.05. The monoisotopic (exact) mass is 478 g/mol. The summed E-state index contributed by atoms with van der Waals surface area (Å²) in [6.45, 7) is -0.0506. The molecule has 168 valence electrons. The molecule has 0 spiro atoms. The van der Waals surface area contributed by atoms with Crippen molar-refractivity contribution in [3.05, 3.63) is 82.6 Å². The number of nitrogens with one attached hydrogen (secondary N) is 2. The number of carbonyl (C=O) groups is 1. The number of ether oxygens (including phenoxy) is 2. The highest BCUT2D eigenvalue weighted by atomic mass is 35.5. The van der Waals surface area contributed by atoms with E-state index in [1.165, 1.54) is 26.4 Å². The fourth-order valence-corrected chi connectivity index (χ4v) is 4.12. The zero-order valence-electron chi connectivity index (χ0n) is 17.2. The summed E-state index contributed by atoms with van der Waals surface area (Å²) in [6, 6.07) is 14.4. The molecular weight excluding hydrogens is 459 g/mol.